The summed E-state index contributed by atoms with van der Waals surface area (Å²) in [6.45, 7) is 7.66. The highest BCUT2D eigenvalue weighted by molar-refractivity contribution is 6.05. The fraction of sp³-hybridized carbons (Fsp3) is 0.278. The molecule has 0 fully saturated rings. The van der Waals surface area contributed by atoms with E-state index in [2.05, 4.69) is 15.6 Å². The highest BCUT2D eigenvalue weighted by atomic mass is 16.2. The van der Waals surface area contributed by atoms with Gasteiger partial charge in [0.1, 0.15) is 0 Å². The van der Waals surface area contributed by atoms with Crippen molar-refractivity contribution in [3.63, 3.8) is 0 Å². The number of carbonyl (C=O) groups excluding carboxylic acids is 2. The smallest absolute Gasteiger partial charge is 0.257 e. The van der Waals surface area contributed by atoms with Crippen LogP contribution in [-0.4, -0.2) is 22.3 Å². The Labute approximate surface area is 136 Å². The van der Waals surface area contributed by atoms with Gasteiger partial charge in [0.15, 0.2) is 0 Å². The molecule has 0 spiro atoms. The second-order valence-electron chi connectivity index (χ2n) is 6.49. The minimum absolute atomic E-state index is 0.255. The van der Waals surface area contributed by atoms with Gasteiger partial charge < -0.3 is 10.6 Å². The van der Waals surface area contributed by atoms with Crippen LogP contribution in [0.25, 0.3) is 0 Å². The molecule has 2 amide bonds. The third kappa shape index (κ3) is 4.92. The van der Waals surface area contributed by atoms with Gasteiger partial charge in [-0.3, -0.25) is 14.6 Å². The van der Waals surface area contributed by atoms with Gasteiger partial charge in [-0.05, 0) is 45.9 Å². The Hall–Kier alpha value is -2.69. The molecule has 0 aliphatic rings. The molecule has 0 saturated heterocycles. The number of benzene rings is 1. The van der Waals surface area contributed by atoms with Crippen molar-refractivity contribution in [2.45, 2.75) is 33.2 Å². The lowest BCUT2D eigenvalue weighted by Gasteiger charge is -2.20. The van der Waals surface area contributed by atoms with E-state index in [1.54, 1.807) is 0 Å². The third-order valence-electron chi connectivity index (χ3n) is 3.06. The number of rotatable bonds is 3. The molecule has 2 aromatic rings. The molecular weight excluding hydrogens is 290 g/mol. The van der Waals surface area contributed by atoms with E-state index in [0.29, 0.717) is 16.8 Å². The summed E-state index contributed by atoms with van der Waals surface area (Å²) in [5.74, 6) is -0.554. The predicted molar refractivity (Wildman–Crippen MR) is 90.6 cm³/mol. The van der Waals surface area contributed by atoms with E-state index in [1.807, 2.05) is 52.0 Å². The maximum atomic E-state index is 12.3. The second kappa shape index (κ2) is 6.60. The minimum Gasteiger partial charge on any atom is -0.347 e. The van der Waals surface area contributed by atoms with Crippen LogP contribution in [0.15, 0.2) is 42.7 Å². The first kappa shape index (κ1) is 16.7. The number of aromatic nitrogens is 1. The second-order valence-corrected chi connectivity index (χ2v) is 6.49. The molecule has 1 aromatic heterocycles. The monoisotopic (exact) mass is 311 g/mol. The number of nitrogens with zero attached hydrogens (tertiary/aromatic N) is 1. The van der Waals surface area contributed by atoms with Crippen LogP contribution in [-0.2, 0) is 0 Å². The van der Waals surface area contributed by atoms with Gasteiger partial charge in [0.25, 0.3) is 11.8 Å². The lowest BCUT2D eigenvalue weighted by molar-refractivity contribution is 0.0919. The number of aryl methyl sites for hydroxylation is 1. The van der Waals surface area contributed by atoms with Crippen molar-refractivity contribution < 1.29 is 9.59 Å². The summed E-state index contributed by atoms with van der Waals surface area (Å²) in [7, 11) is 0. The van der Waals surface area contributed by atoms with Gasteiger partial charge in [-0.25, -0.2) is 0 Å². The van der Waals surface area contributed by atoms with Crippen LogP contribution in [0.5, 0.6) is 0 Å². The number of hydrogen-bond acceptors (Lipinski definition) is 3. The number of carbonyl (C=O) groups is 2. The number of hydrogen-bond donors (Lipinski definition) is 2. The molecule has 23 heavy (non-hydrogen) atoms. The lowest BCUT2D eigenvalue weighted by atomic mass is 10.1. The topological polar surface area (TPSA) is 71.1 Å². The summed E-state index contributed by atoms with van der Waals surface area (Å²) in [6.07, 6.45) is 2.89. The Morgan fingerprint density at radius 1 is 0.957 bits per heavy atom. The number of pyridine rings is 1. The summed E-state index contributed by atoms with van der Waals surface area (Å²) in [5.41, 5.74) is 2.16. The first-order chi connectivity index (χ1) is 10.7. The molecule has 120 valence electrons. The first-order valence-electron chi connectivity index (χ1n) is 7.40. The zero-order valence-corrected chi connectivity index (χ0v) is 13.8. The van der Waals surface area contributed by atoms with Gasteiger partial charge in [-0.15, -0.1) is 0 Å². The Morgan fingerprint density at radius 2 is 1.52 bits per heavy atom. The van der Waals surface area contributed by atoms with E-state index in [0.717, 1.165) is 5.56 Å². The van der Waals surface area contributed by atoms with Crippen LogP contribution in [0.1, 0.15) is 47.1 Å². The normalized spacial score (nSPS) is 11.0. The first-order valence-corrected chi connectivity index (χ1v) is 7.40. The van der Waals surface area contributed by atoms with Crippen molar-refractivity contribution >= 4 is 17.5 Å². The van der Waals surface area contributed by atoms with E-state index in [9.17, 15) is 9.59 Å². The molecule has 0 aliphatic heterocycles. The van der Waals surface area contributed by atoms with Crippen molar-refractivity contribution in [1.82, 2.24) is 10.3 Å². The van der Waals surface area contributed by atoms with Crippen LogP contribution in [0.2, 0.25) is 0 Å². The van der Waals surface area contributed by atoms with Gasteiger partial charge >= 0.3 is 0 Å². The van der Waals surface area contributed by atoms with Crippen LogP contribution >= 0.6 is 0 Å². The molecule has 5 heteroatoms. The number of anilines is 1. The highest BCUT2D eigenvalue weighted by Crippen LogP contribution is 2.12. The maximum Gasteiger partial charge on any atom is 0.257 e. The number of amides is 2. The van der Waals surface area contributed by atoms with E-state index in [4.69, 9.17) is 0 Å². The molecule has 0 unspecified atom stereocenters. The Balaban J connectivity index is 2.14. The average molecular weight is 311 g/mol. The van der Waals surface area contributed by atoms with E-state index in [1.165, 1.54) is 18.5 Å². The van der Waals surface area contributed by atoms with Crippen molar-refractivity contribution in [2.24, 2.45) is 0 Å². The third-order valence-corrected chi connectivity index (χ3v) is 3.06. The van der Waals surface area contributed by atoms with Crippen LogP contribution in [0.3, 0.4) is 0 Å². The SMILES string of the molecule is Cc1ccc(NC(=O)c2cncc(C(=O)NC(C)(C)C)c2)cc1. The fourth-order valence-electron chi connectivity index (χ4n) is 1.94. The molecule has 0 radical (unpaired) electrons. The summed E-state index contributed by atoms with van der Waals surface area (Å²) in [6, 6.07) is 9.04. The zero-order valence-electron chi connectivity index (χ0n) is 13.8. The molecule has 0 bridgehead atoms. The van der Waals surface area contributed by atoms with Gasteiger partial charge in [-0.1, -0.05) is 17.7 Å². The van der Waals surface area contributed by atoms with E-state index < -0.39 is 0 Å². The molecule has 1 aromatic carbocycles. The Morgan fingerprint density at radius 3 is 2.09 bits per heavy atom. The Kier molecular flexibility index (Phi) is 4.79. The molecule has 2 rings (SSSR count). The lowest BCUT2D eigenvalue weighted by Crippen LogP contribution is -2.40. The summed E-state index contributed by atoms with van der Waals surface area (Å²) < 4.78 is 0. The summed E-state index contributed by atoms with van der Waals surface area (Å²) in [4.78, 5) is 28.4. The van der Waals surface area contributed by atoms with Crippen LogP contribution < -0.4 is 10.6 Å². The van der Waals surface area contributed by atoms with Crippen molar-refractivity contribution in [3.8, 4) is 0 Å². The molecular formula is C18H21N3O2. The molecule has 1 heterocycles. The molecule has 5 nitrogen and oxygen atoms in total. The van der Waals surface area contributed by atoms with Crippen molar-refractivity contribution in [2.75, 3.05) is 5.32 Å². The molecule has 2 N–H and O–H groups in total. The van der Waals surface area contributed by atoms with Gasteiger partial charge in [0.2, 0.25) is 0 Å². The fourth-order valence-corrected chi connectivity index (χ4v) is 1.94. The summed E-state index contributed by atoms with van der Waals surface area (Å²) >= 11 is 0. The highest BCUT2D eigenvalue weighted by Gasteiger charge is 2.17. The number of nitrogens with one attached hydrogen (secondary N) is 2. The van der Waals surface area contributed by atoms with Gasteiger partial charge in [-0.2, -0.15) is 0 Å². The van der Waals surface area contributed by atoms with Gasteiger partial charge in [0, 0.05) is 23.6 Å². The van der Waals surface area contributed by atoms with Crippen molar-refractivity contribution in [1.29, 1.82) is 0 Å². The summed E-state index contributed by atoms with van der Waals surface area (Å²) in [5, 5.41) is 5.64. The standard InChI is InChI=1S/C18H21N3O2/c1-12-5-7-15(8-6-12)20-16(22)13-9-14(11-19-10-13)17(23)21-18(2,3)4/h5-11H,1-4H3,(H,20,22)(H,21,23). The quantitative estimate of drug-likeness (QED) is 0.914. The Bertz CT molecular complexity index is 716. The largest absolute Gasteiger partial charge is 0.347 e. The minimum atomic E-state index is -0.350. The zero-order chi connectivity index (χ0) is 17.0. The molecule has 0 atom stereocenters. The molecule has 0 aliphatic carbocycles. The van der Waals surface area contributed by atoms with Crippen molar-refractivity contribution in [3.05, 3.63) is 59.4 Å². The average Bonchev–Trinajstić information content (AvgIpc) is 2.48. The molecule has 0 saturated carbocycles. The maximum absolute atomic E-state index is 12.3. The van der Waals surface area contributed by atoms with E-state index in [-0.39, 0.29) is 17.4 Å². The van der Waals surface area contributed by atoms with Crippen LogP contribution in [0, 0.1) is 6.92 Å². The van der Waals surface area contributed by atoms with E-state index >= 15 is 0 Å². The van der Waals surface area contributed by atoms with Gasteiger partial charge in [0.05, 0.1) is 11.1 Å². The predicted octanol–water partition coefficient (Wildman–Crippen LogP) is 3.17. The van der Waals surface area contributed by atoms with Crippen LogP contribution in [0.4, 0.5) is 5.69 Å².